The molecule has 2 N–H and O–H groups in total. The summed E-state index contributed by atoms with van der Waals surface area (Å²) in [6.07, 6.45) is 0.973. The van der Waals surface area contributed by atoms with E-state index in [0.29, 0.717) is 17.8 Å². The topological polar surface area (TPSA) is 75.2 Å². The van der Waals surface area contributed by atoms with Gasteiger partial charge in [0.05, 0.1) is 0 Å². The van der Waals surface area contributed by atoms with E-state index in [0.717, 1.165) is 19.6 Å². The molecule has 1 rings (SSSR count). The molecule has 1 aromatic rings. The Balaban J connectivity index is 2.74. The maximum Gasteiger partial charge on any atom is 0.231 e. The van der Waals surface area contributed by atoms with Crippen LogP contribution < -0.4 is 15.5 Å². The van der Waals surface area contributed by atoms with Crippen molar-refractivity contribution in [3.63, 3.8) is 0 Å². The fourth-order valence-electron chi connectivity index (χ4n) is 1.54. The minimum absolute atomic E-state index is 0.112. The van der Waals surface area contributed by atoms with Gasteiger partial charge in [-0.15, -0.1) is 0 Å². The van der Waals surface area contributed by atoms with Crippen LogP contribution in [0.5, 0.6) is 0 Å². The molecule has 0 aromatic carbocycles. The van der Waals surface area contributed by atoms with Gasteiger partial charge in [-0.1, -0.05) is 13.8 Å². The highest BCUT2D eigenvalue weighted by atomic mass is 16.5. The average Bonchev–Trinajstić information content (AvgIpc) is 2.42. The summed E-state index contributed by atoms with van der Waals surface area (Å²) >= 11 is 0. The van der Waals surface area contributed by atoms with E-state index >= 15 is 0 Å². The SMILES string of the molecule is CNc1nc(NCC(C)(C)CCOC)nc(N(C)C)n1. The average molecular weight is 282 g/mol. The zero-order chi connectivity index (χ0) is 15.2. The van der Waals surface area contributed by atoms with Gasteiger partial charge in [0.1, 0.15) is 0 Å². The number of methoxy groups -OCH3 is 1. The number of rotatable bonds is 8. The highest BCUT2D eigenvalue weighted by molar-refractivity contribution is 5.42. The lowest BCUT2D eigenvalue weighted by molar-refractivity contribution is 0.157. The molecule has 7 heteroatoms. The number of hydrogen-bond acceptors (Lipinski definition) is 7. The Hall–Kier alpha value is -1.63. The predicted molar refractivity (Wildman–Crippen MR) is 82.5 cm³/mol. The maximum atomic E-state index is 5.13. The first kappa shape index (κ1) is 16.4. The molecule has 1 heterocycles. The summed E-state index contributed by atoms with van der Waals surface area (Å²) in [6, 6.07) is 0. The van der Waals surface area contributed by atoms with Crippen LogP contribution in [0.2, 0.25) is 0 Å². The van der Waals surface area contributed by atoms with Crippen molar-refractivity contribution in [1.29, 1.82) is 0 Å². The quantitative estimate of drug-likeness (QED) is 0.747. The first-order chi connectivity index (χ1) is 9.38. The van der Waals surface area contributed by atoms with Crippen LogP contribution in [0.25, 0.3) is 0 Å². The summed E-state index contributed by atoms with van der Waals surface area (Å²) < 4.78 is 5.13. The molecule has 7 nitrogen and oxygen atoms in total. The third-order valence-electron chi connectivity index (χ3n) is 2.96. The third-order valence-corrected chi connectivity index (χ3v) is 2.96. The van der Waals surface area contributed by atoms with Gasteiger partial charge in [-0.3, -0.25) is 0 Å². The van der Waals surface area contributed by atoms with Crippen molar-refractivity contribution in [3.05, 3.63) is 0 Å². The Kier molecular flexibility index (Phi) is 5.94. The van der Waals surface area contributed by atoms with Crippen molar-refractivity contribution in [2.24, 2.45) is 5.41 Å². The first-order valence-electron chi connectivity index (χ1n) is 6.72. The van der Waals surface area contributed by atoms with E-state index in [1.807, 2.05) is 19.0 Å². The minimum atomic E-state index is 0.112. The molecule has 0 spiro atoms. The molecule has 0 saturated carbocycles. The van der Waals surface area contributed by atoms with Gasteiger partial charge >= 0.3 is 0 Å². The molecule has 114 valence electrons. The van der Waals surface area contributed by atoms with E-state index in [9.17, 15) is 0 Å². The molecule has 0 atom stereocenters. The molecule has 0 bridgehead atoms. The van der Waals surface area contributed by atoms with Crippen molar-refractivity contribution in [2.45, 2.75) is 20.3 Å². The van der Waals surface area contributed by atoms with Crippen LogP contribution in [0.4, 0.5) is 17.8 Å². The minimum Gasteiger partial charge on any atom is -0.385 e. The number of nitrogens with zero attached hydrogens (tertiary/aromatic N) is 4. The Labute approximate surface area is 121 Å². The summed E-state index contributed by atoms with van der Waals surface area (Å²) in [6.45, 7) is 5.89. The summed E-state index contributed by atoms with van der Waals surface area (Å²) in [5.41, 5.74) is 0.112. The number of anilines is 3. The van der Waals surface area contributed by atoms with Crippen molar-refractivity contribution in [3.8, 4) is 0 Å². The van der Waals surface area contributed by atoms with E-state index in [1.54, 1.807) is 14.2 Å². The van der Waals surface area contributed by atoms with E-state index in [-0.39, 0.29) is 5.41 Å². The molecule has 0 radical (unpaired) electrons. The van der Waals surface area contributed by atoms with Gasteiger partial charge in [0, 0.05) is 41.4 Å². The molecule has 0 aliphatic heterocycles. The van der Waals surface area contributed by atoms with Gasteiger partial charge in [-0.2, -0.15) is 15.0 Å². The van der Waals surface area contributed by atoms with E-state index in [1.165, 1.54) is 0 Å². The number of hydrogen-bond donors (Lipinski definition) is 2. The van der Waals surface area contributed by atoms with Gasteiger partial charge in [0.2, 0.25) is 17.8 Å². The highest BCUT2D eigenvalue weighted by Gasteiger charge is 2.18. The van der Waals surface area contributed by atoms with Crippen LogP contribution in [0, 0.1) is 5.41 Å². The fourth-order valence-corrected chi connectivity index (χ4v) is 1.54. The summed E-state index contributed by atoms with van der Waals surface area (Å²) in [7, 11) is 7.32. The van der Waals surface area contributed by atoms with Gasteiger partial charge in [-0.05, 0) is 11.8 Å². The van der Waals surface area contributed by atoms with Crippen molar-refractivity contribution in [1.82, 2.24) is 15.0 Å². The van der Waals surface area contributed by atoms with Crippen LogP contribution in [-0.2, 0) is 4.74 Å². The molecule has 0 amide bonds. The summed E-state index contributed by atoms with van der Waals surface area (Å²) in [4.78, 5) is 14.8. The van der Waals surface area contributed by atoms with E-state index in [4.69, 9.17) is 4.74 Å². The summed E-state index contributed by atoms with van der Waals surface area (Å²) in [5.74, 6) is 1.76. The van der Waals surface area contributed by atoms with Crippen molar-refractivity contribution < 1.29 is 4.74 Å². The second-order valence-electron chi connectivity index (χ2n) is 5.69. The standard InChI is InChI=1S/C13H26N6O/c1-13(2,7-8-20-6)9-15-11-16-10(14-3)17-12(18-11)19(4)5/h7-9H2,1-6H3,(H2,14,15,16,17,18). The second-order valence-corrected chi connectivity index (χ2v) is 5.69. The molecule has 20 heavy (non-hydrogen) atoms. The van der Waals surface area contributed by atoms with Gasteiger partial charge in [0.15, 0.2) is 0 Å². The lowest BCUT2D eigenvalue weighted by atomic mass is 9.90. The smallest absolute Gasteiger partial charge is 0.231 e. The number of ether oxygens (including phenoxy) is 1. The molecule has 0 unspecified atom stereocenters. The lowest BCUT2D eigenvalue weighted by Crippen LogP contribution is -2.26. The molecule has 0 saturated heterocycles. The molecular formula is C13H26N6O. The normalized spacial score (nSPS) is 11.3. The van der Waals surface area contributed by atoms with Gasteiger partial charge < -0.3 is 20.3 Å². The molecule has 0 fully saturated rings. The Morgan fingerprint density at radius 3 is 2.35 bits per heavy atom. The highest BCUT2D eigenvalue weighted by Crippen LogP contribution is 2.21. The Morgan fingerprint density at radius 2 is 1.80 bits per heavy atom. The first-order valence-corrected chi connectivity index (χ1v) is 6.72. The van der Waals surface area contributed by atoms with Crippen LogP contribution in [-0.4, -0.2) is 56.4 Å². The molecule has 0 aliphatic rings. The Morgan fingerprint density at radius 1 is 1.15 bits per heavy atom. The molecular weight excluding hydrogens is 256 g/mol. The Bertz CT molecular complexity index is 421. The number of nitrogens with one attached hydrogen (secondary N) is 2. The lowest BCUT2D eigenvalue weighted by Gasteiger charge is -2.24. The van der Waals surface area contributed by atoms with Gasteiger partial charge in [-0.25, -0.2) is 0 Å². The monoisotopic (exact) mass is 282 g/mol. The van der Waals surface area contributed by atoms with E-state index < -0.39 is 0 Å². The van der Waals surface area contributed by atoms with E-state index in [2.05, 4.69) is 39.4 Å². The molecule has 0 aliphatic carbocycles. The number of aromatic nitrogens is 3. The largest absolute Gasteiger partial charge is 0.385 e. The van der Waals surface area contributed by atoms with Crippen molar-refractivity contribution in [2.75, 3.05) is 56.9 Å². The van der Waals surface area contributed by atoms with Crippen LogP contribution >= 0.6 is 0 Å². The molecule has 1 aromatic heterocycles. The van der Waals surface area contributed by atoms with Gasteiger partial charge in [0.25, 0.3) is 0 Å². The summed E-state index contributed by atoms with van der Waals surface area (Å²) in [5, 5.41) is 6.22. The maximum absolute atomic E-state index is 5.13. The fraction of sp³-hybridized carbons (Fsp3) is 0.769. The van der Waals surface area contributed by atoms with Crippen molar-refractivity contribution >= 4 is 17.8 Å². The zero-order valence-electron chi connectivity index (χ0n) is 13.3. The second kappa shape index (κ2) is 7.23. The van der Waals surface area contributed by atoms with Crippen LogP contribution in [0.15, 0.2) is 0 Å². The zero-order valence-corrected chi connectivity index (χ0v) is 13.3. The third kappa shape index (κ3) is 5.16. The predicted octanol–water partition coefficient (Wildman–Crippen LogP) is 1.45. The van der Waals surface area contributed by atoms with Crippen LogP contribution in [0.3, 0.4) is 0 Å². The van der Waals surface area contributed by atoms with Crippen LogP contribution in [0.1, 0.15) is 20.3 Å².